The van der Waals surface area contributed by atoms with Crippen molar-refractivity contribution in [3.8, 4) is 29.1 Å². The molecule has 0 radical (unpaired) electrons. The Bertz CT molecular complexity index is 936. The van der Waals surface area contributed by atoms with E-state index < -0.39 is 12.6 Å². The summed E-state index contributed by atoms with van der Waals surface area (Å²) < 4.78 is 47.7. The number of thioether (sulfide) groups is 1. The maximum atomic E-state index is 12.5. The zero-order valence-electron chi connectivity index (χ0n) is 17.7. The summed E-state index contributed by atoms with van der Waals surface area (Å²) in [6.07, 6.45) is -3.87. The molecule has 6 nitrogen and oxygen atoms in total. The van der Waals surface area contributed by atoms with Gasteiger partial charge in [0.15, 0.2) is 0 Å². The van der Waals surface area contributed by atoms with Gasteiger partial charge in [0.05, 0.1) is 41.7 Å². The van der Waals surface area contributed by atoms with E-state index >= 15 is 0 Å². The maximum Gasteiger partial charge on any atom is 0.389 e. The molecule has 0 saturated carbocycles. The highest BCUT2D eigenvalue weighted by Crippen LogP contribution is 2.35. The highest BCUT2D eigenvalue weighted by Gasteiger charge is 2.27. The molecule has 10 heteroatoms. The van der Waals surface area contributed by atoms with Gasteiger partial charge in [0.25, 0.3) is 0 Å². The van der Waals surface area contributed by atoms with Crippen molar-refractivity contribution in [3.05, 3.63) is 35.2 Å². The predicted octanol–water partition coefficient (Wildman–Crippen LogP) is 5.29. The largest absolute Gasteiger partial charge is 0.490 e. The van der Waals surface area contributed by atoms with Gasteiger partial charge in [0, 0.05) is 18.4 Å². The average Bonchev–Trinajstić information content (AvgIpc) is 2.74. The first kappa shape index (κ1) is 26.2. The van der Waals surface area contributed by atoms with E-state index in [0.29, 0.717) is 30.4 Å². The first-order valence-corrected chi connectivity index (χ1v) is 10.4. The van der Waals surface area contributed by atoms with E-state index in [-0.39, 0.29) is 27.5 Å². The molecule has 0 fully saturated rings. The molecule has 0 aliphatic rings. The van der Waals surface area contributed by atoms with Crippen LogP contribution in [0.2, 0.25) is 0 Å². The quantitative estimate of drug-likeness (QED) is 0.397. The molecular formula is C21H23F3N4O2S. The van der Waals surface area contributed by atoms with Crippen LogP contribution in [0.25, 0.3) is 11.3 Å². The summed E-state index contributed by atoms with van der Waals surface area (Å²) in [7, 11) is 1.55. The molecule has 2 heterocycles. The lowest BCUT2D eigenvalue weighted by atomic mass is 9.99. The predicted molar refractivity (Wildman–Crippen MR) is 112 cm³/mol. The Labute approximate surface area is 184 Å². The Hall–Kier alpha value is -2.82. The van der Waals surface area contributed by atoms with Crippen molar-refractivity contribution >= 4 is 11.8 Å². The van der Waals surface area contributed by atoms with Gasteiger partial charge in [-0.25, -0.2) is 4.98 Å². The van der Waals surface area contributed by atoms with Crippen molar-refractivity contribution in [2.45, 2.75) is 38.4 Å². The number of halogens is 3. The minimum atomic E-state index is -4.30. The van der Waals surface area contributed by atoms with E-state index in [0.717, 1.165) is 11.8 Å². The van der Waals surface area contributed by atoms with Crippen LogP contribution in [0.1, 0.15) is 37.1 Å². The number of aromatic nitrogens is 2. The fourth-order valence-corrected chi connectivity index (χ4v) is 3.42. The second kappa shape index (κ2) is 12.8. The number of rotatable bonds is 8. The van der Waals surface area contributed by atoms with Gasteiger partial charge in [-0.15, -0.1) is 11.8 Å². The monoisotopic (exact) mass is 452 g/mol. The molecule has 0 unspecified atom stereocenters. The summed E-state index contributed by atoms with van der Waals surface area (Å²) in [5, 5.41) is 19.3. The standard InChI is InChI=1S/C19H17F3N4O2S.C2H6/c1-12-14(9-23)17(16-4-3-13(11-25-16)28-7-6-27-2)15(10-24)18(26-12)29-8-5-19(20,21)22;1-2/h3-4,11H,5-8H2,1-2H3;1-2H3. The normalized spacial score (nSPS) is 10.5. The van der Waals surface area contributed by atoms with Crippen LogP contribution < -0.4 is 4.74 Å². The lowest BCUT2D eigenvalue weighted by molar-refractivity contribution is -0.129. The summed E-state index contributed by atoms with van der Waals surface area (Å²) in [6, 6.07) is 7.19. The van der Waals surface area contributed by atoms with E-state index in [1.807, 2.05) is 26.0 Å². The molecule has 2 aromatic heterocycles. The van der Waals surface area contributed by atoms with Crippen LogP contribution in [-0.4, -0.2) is 42.2 Å². The third kappa shape index (κ3) is 7.74. The van der Waals surface area contributed by atoms with Crippen LogP contribution in [0.15, 0.2) is 23.4 Å². The zero-order chi connectivity index (χ0) is 23.4. The van der Waals surface area contributed by atoms with Crippen LogP contribution in [-0.2, 0) is 4.74 Å². The molecule has 0 spiro atoms. The Balaban J connectivity index is 0.00000233. The molecule has 2 aromatic rings. The SMILES string of the molecule is CC.COCCOc1ccc(-c2c(C#N)c(C)nc(SCCC(F)(F)F)c2C#N)nc1. The van der Waals surface area contributed by atoms with Crippen LogP contribution in [0, 0.1) is 29.6 Å². The maximum absolute atomic E-state index is 12.5. The minimum Gasteiger partial charge on any atom is -0.490 e. The summed E-state index contributed by atoms with van der Waals surface area (Å²) in [4.78, 5) is 8.43. The molecule has 0 atom stereocenters. The van der Waals surface area contributed by atoms with Gasteiger partial charge in [0.2, 0.25) is 0 Å². The fourth-order valence-electron chi connectivity index (χ4n) is 2.40. The third-order valence-corrected chi connectivity index (χ3v) is 4.72. The number of alkyl halides is 3. The number of nitrogens with zero attached hydrogens (tertiary/aromatic N) is 4. The lowest BCUT2D eigenvalue weighted by Crippen LogP contribution is -2.09. The first-order chi connectivity index (χ1) is 14.8. The zero-order valence-corrected chi connectivity index (χ0v) is 18.5. The van der Waals surface area contributed by atoms with Crippen molar-refractivity contribution in [3.63, 3.8) is 0 Å². The number of methoxy groups -OCH3 is 1. The molecule has 0 saturated heterocycles. The van der Waals surface area contributed by atoms with Crippen LogP contribution in [0.4, 0.5) is 13.2 Å². The van der Waals surface area contributed by atoms with Crippen LogP contribution >= 0.6 is 11.8 Å². The highest BCUT2D eigenvalue weighted by atomic mass is 32.2. The van der Waals surface area contributed by atoms with E-state index in [1.165, 1.54) is 6.20 Å². The summed E-state index contributed by atoms with van der Waals surface area (Å²) in [5.74, 6) is 0.198. The van der Waals surface area contributed by atoms with E-state index in [1.54, 1.807) is 26.2 Å². The number of nitriles is 2. The molecule has 0 aliphatic carbocycles. The smallest absolute Gasteiger partial charge is 0.389 e. The van der Waals surface area contributed by atoms with Crippen molar-refractivity contribution in [1.82, 2.24) is 9.97 Å². The van der Waals surface area contributed by atoms with Gasteiger partial charge in [0.1, 0.15) is 29.5 Å². The molecule has 0 aromatic carbocycles. The molecular weight excluding hydrogens is 429 g/mol. The summed E-state index contributed by atoms with van der Waals surface area (Å²) >= 11 is 0.828. The first-order valence-electron chi connectivity index (χ1n) is 9.43. The summed E-state index contributed by atoms with van der Waals surface area (Å²) in [5.41, 5.74) is 1.08. The van der Waals surface area contributed by atoms with Gasteiger partial charge in [-0.3, -0.25) is 4.98 Å². The lowest BCUT2D eigenvalue weighted by Gasteiger charge is -2.13. The minimum absolute atomic E-state index is 0.0277. The fraction of sp³-hybridized carbons (Fsp3) is 0.429. The van der Waals surface area contributed by atoms with Crippen LogP contribution in [0.3, 0.4) is 0 Å². The van der Waals surface area contributed by atoms with Crippen molar-refractivity contribution in [1.29, 1.82) is 10.5 Å². The number of hydrogen-bond donors (Lipinski definition) is 0. The Kier molecular flexibility index (Phi) is 10.8. The van der Waals surface area contributed by atoms with Gasteiger partial charge in [-0.1, -0.05) is 13.8 Å². The van der Waals surface area contributed by atoms with Gasteiger partial charge in [-0.2, -0.15) is 23.7 Å². The molecule has 2 rings (SSSR count). The molecule has 0 amide bonds. The van der Waals surface area contributed by atoms with Gasteiger partial charge < -0.3 is 9.47 Å². The van der Waals surface area contributed by atoms with Crippen LogP contribution in [0.5, 0.6) is 5.75 Å². The Morgan fingerprint density at radius 3 is 2.29 bits per heavy atom. The molecule has 0 aliphatic heterocycles. The molecule has 0 N–H and O–H groups in total. The third-order valence-electron chi connectivity index (χ3n) is 3.74. The van der Waals surface area contributed by atoms with Crippen molar-refractivity contribution < 1.29 is 22.6 Å². The average molecular weight is 453 g/mol. The number of aryl methyl sites for hydroxylation is 1. The second-order valence-electron chi connectivity index (χ2n) is 5.79. The number of pyridine rings is 2. The second-order valence-corrected chi connectivity index (χ2v) is 6.87. The molecule has 166 valence electrons. The number of hydrogen-bond acceptors (Lipinski definition) is 7. The van der Waals surface area contributed by atoms with Gasteiger partial charge in [-0.05, 0) is 19.1 Å². The Morgan fingerprint density at radius 1 is 1.10 bits per heavy atom. The molecule has 0 bridgehead atoms. The number of ether oxygens (including phenoxy) is 2. The molecule has 31 heavy (non-hydrogen) atoms. The van der Waals surface area contributed by atoms with E-state index in [2.05, 4.69) is 9.97 Å². The van der Waals surface area contributed by atoms with Crippen molar-refractivity contribution in [2.24, 2.45) is 0 Å². The van der Waals surface area contributed by atoms with E-state index in [9.17, 15) is 23.7 Å². The topological polar surface area (TPSA) is 91.8 Å². The van der Waals surface area contributed by atoms with Crippen molar-refractivity contribution in [2.75, 3.05) is 26.1 Å². The highest BCUT2D eigenvalue weighted by molar-refractivity contribution is 7.99. The van der Waals surface area contributed by atoms with E-state index in [4.69, 9.17) is 9.47 Å². The summed E-state index contributed by atoms with van der Waals surface area (Å²) in [6.45, 7) is 6.30. The Morgan fingerprint density at radius 2 is 1.77 bits per heavy atom. The van der Waals surface area contributed by atoms with Gasteiger partial charge >= 0.3 is 6.18 Å².